The van der Waals surface area contributed by atoms with Crippen LogP contribution >= 0.6 is 0 Å². The first-order chi connectivity index (χ1) is 13.3. The predicted octanol–water partition coefficient (Wildman–Crippen LogP) is 1.39. The van der Waals surface area contributed by atoms with Crippen LogP contribution in [-0.4, -0.2) is 49.8 Å². The quantitative estimate of drug-likeness (QED) is 0.785. The summed E-state index contributed by atoms with van der Waals surface area (Å²) in [5.74, 6) is -0.290. The van der Waals surface area contributed by atoms with E-state index in [1.54, 1.807) is 19.9 Å². The van der Waals surface area contributed by atoms with Crippen LogP contribution in [0.25, 0.3) is 0 Å². The molecule has 3 aliphatic rings. The third-order valence-electron chi connectivity index (χ3n) is 5.50. The third kappa shape index (κ3) is 3.60. The first-order valence-corrected chi connectivity index (χ1v) is 11.1. The van der Waals surface area contributed by atoms with E-state index < -0.39 is 16.1 Å². The minimum atomic E-state index is -3.78. The first kappa shape index (κ1) is 19.2. The maximum absolute atomic E-state index is 13.3. The van der Waals surface area contributed by atoms with E-state index in [-0.39, 0.29) is 35.2 Å². The number of amides is 2. The Labute approximate surface area is 164 Å². The first-order valence-electron chi connectivity index (χ1n) is 9.68. The van der Waals surface area contributed by atoms with Gasteiger partial charge in [-0.2, -0.15) is 4.31 Å². The van der Waals surface area contributed by atoms with Gasteiger partial charge in [-0.15, -0.1) is 0 Å². The molecule has 1 aromatic carbocycles. The number of nitrogens with zero attached hydrogens (tertiary/aromatic N) is 1. The Morgan fingerprint density at radius 2 is 2.04 bits per heavy atom. The second-order valence-electron chi connectivity index (χ2n) is 7.85. The molecule has 8 nitrogen and oxygen atoms in total. The van der Waals surface area contributed by atoms with E-state index in [0.29, 0.717) is 36.4 Å². The van der Waals surface area contributed by atoms with Crippen molar-refractivity contribution in [1.82, 2.24) is 9.62 Å². The fourth-order valence-corrected chi connectivity index (χ4v) is 5.43. The molecule has 1 aliphatic carbocycles. The summed E-state index contributed by atoms with van der Waals surface area (Å²) >= 11 is 0. The van der Waals surface area contributed by atoms with Crippen LogP contribution in [0.1, 0.15) is 38.2 Å². The van der Waals surface area contributed by atoms with E-state index in [4.69, 9.17) is 4.74 Å². The molecule has 1 aromatic rings. The predicted molar refractivity (Wildman–Crippen MR) is 103 cm³/mol. The van der Waals surface area contributed by atoms with Crippen LogP contribution in [-0.2, 0) is 19.6 Å². The number of ether oxygens (including phenoxy) is 1. The van der Waals surface area contributed by atoms with Crippen LogP contribution in [0.15, 0.2) is 17.0 Å². The molecule has 9 heteroatoms. The summed E-state index contributed by atoms with van der Waals surface area (Å²) in [6.45, 7) is 3.88. The van der Waals surface area contributed by atoms with Crippen molar-refractivity contribution in [2.24, 2.45) is 5.92 Å². The van der Waals surface area contributed by atoms with Crippen molar-refractivity contribution in [2.45, 2.75) is 56.6 Å². The molecule has 152 valence electrons. The Hall–Kier alpha value is -2.13. The largest absolute Gasteiger partial charge is 0.479 e. The average Bonchev–Trinajstić information content (AvgIpc) is 3.46. The van der Waals surface area contributed by atoms with E-state index in [9.17, 15) is 18.0 Å². The fourth-order valence-electron chi connectivity index (χ4n) is 3.68. The number of fused-ring (bicyclic) bond motifs is 1. The molecule has 4 rings (SSSR count). The van der Waals surface area contributed by atoms with Crippen molar-refractivity contribution >= 4 is 27.5 Å². The minimum Gasteiger partial charge on any atom is -0.479 e. The molecule has 0 spiro atoms. The molecule has 28 heavy (non-hydrogen) atoms. The molecule has 0 radical (unpaired) electrons. The van der Waals surface area contributed by atoms with Crippen molar-refractivity contribution in [3.63, 3.8) is 0 Å². The SMILES string of the molecule is Cc1cc2c(cc1S(=O)(=O)N1CCCC(C(=O)NC3CC3)C1)OC(C)C(=O)N2. The lowest BCUT2D eigenvalue weighted by atomic mass is 9.99. The average molecular weight is 407 g/mol. The van der Waals surface area contributed by atoms with Gasteiger partial charge in [0, 0.05) is 25.2 Å². The lowest BCUT2D eigenvalue weighted by Crippen LogP contribution is -2.46. The number of nitrogens with one attached hydrogen (secondary N) is 2. The zero-order valence-electron chi connectivity index (χ0n) is 16.0. The highest BCUT2D eigenvalue weighted by atomic mass is 32.2. The molecule has 0 bridgehead atoms. The Morgan fingerprint density at radius 3 is 2.75 bits per heavy atom. The van der Waals surface area contributed by atoms with Gasteiger partial charge >= 0.3 is 0 Å². The number of piperidine rings is 1. The Bertz CT molecular complexity index is 926. The van der Waals surface area contributed by atoms with Crippen molar-refractivity contribution < 1.29 is 22.7 Å². The number of benzene rings is 1. The number of hydrogen-bond donors (Lipinski definition) is 2. The molecule has 2 heterocycles. The standard InChI is InChI=1S/C19H25N3O5S/c1-11-8-15-16(27-12(2)18(23)21-15)9-17(11)28(25,26)22-7-3-4-13(10-22)19(24)20-14-5-6-14/h8-9,12-14H,3-7,10H2,1-2H3,(H,20,24)(H,21,23). The van der Waals surface area contributed by atoms with Gasteiger partial charge in [0.15, 0.2) is 6.10 Å². The Kier molecular flexibility index (Phi) is 4.83. The van der Waals surface area contributed by atoms with E-state index in [1.807, 2.05) is 0 Å². The van der Waals surface area contributed by atoms with Crippen LogP contribution in [0, 0.1) is 12.8 Å². The fraction of sp³-hybridized carbons (Fsp3) is 0.579. The molecule has 2 N–H and O–H groups in total. The smallest absolute Gasteiger partial charge is 0.265 e. The van der Waals surface area contributed by atoms with Gasteiger partial charge in [-0.3, -0.25) is 9.59 Å². The summed E-state index contributed by atoms with van der Waals surface area (Å²) in [5, 5.41) is 5.71. The van der Waals surface area contributed by atoms with Crippen LogP contribution in [0.2, 0.25) is 0 Å². The lowest BCUT2D eigenvalue weighted by molar-refractivity contribution is -0.126. The molecule has 1 saturated carbocycles. The topological polar surface area (TPSA) is 105 Å². The summed E-state index contributed by atoms with van der Waals surface area (Å²) < 4.78 is 33.6. The minimum absolute atomic E-state index is 0.0515. The number of carbonyl (C=O) groups excluding carboxylic acids is 2. The molecular formula is C19H25N3O5S. The highest BCUT2D eigenvalue weighted by molar-refractivity contribution is 7.89. The maximum atomic E-state index is 13.3. The van der Waals surface area contributed by atoms with Crippen LogP contribution < -0.4 is 15.4 Å². The van der Waals surface area contributed by atoms with Crippen LogP contribution in [0.4, 0.5) is 5.69 Å². The summed E-state index contributed by atoms with van der Waals surface area (Å²) in [6, 6.07) is 3.36. The second kappa shape index (κ2) is 7.04. The molecule has 2 fully saturated rings. The number of sulfonamides is 1. The van der Waals surface area contributed by atoms with Gasteiger partial charge < -0.3 is 15.4 Å². The van der Waals surface area contributed by atoms with Gasteiger partial charge in [-0.25, -0.2) is 8.42 Å². The summed E-state index contributed by atoms with van der Waals surface area (Å²) in [6.07, 6.45) is 2.67. The van der Waals surface area contributed by atoms with Gasteiger partial charge in [0.1, 0.15) is 5.75 Å². The number of aryl methyl sites for hydroxylation is 1. The molecule has 2 atom stereocenters. The zero-order valence-corrected chi connectivity index (χ0v) is 16.8. The zero-order chi connectivity index (χ0) is 20.1. The van der Waals surface area contributed by atoms with E-state index in [1.165, 1.54) is 10.4 Å². The van der Waals surface area contributed by atoms with Crippen LogP contribution in [0.5, 0.6) is 5.75 Å². The van der Waals surface area contributed by atoms with Gasteiger partial charge in [0.2, 0.25) is 15.9 Å². The molecule has 2 amide bonds. The number of rotatable bonds is 4. The van der Waals surface area contributed by atoms with Crippen molar-refractivity contribution in [3.05, 3.63) is 17.7 Å². The monoisotopic (exact) mass is 407 g/mol. The molecule has 2 unspecified atom stereocenters. The van der Waals surface area contributed by atoms with Crippen molar-refractivity contribution in [3.8, 4) is 5.75 Å². The molecule has 2 aliphatic heterocycles. The number of hydrogen-bond acceptors (Lipinski definition) is 5. The normalized spacial score (nSPS) is 25.4. The van der Waals surface area contributed by atoms with Gasteiger partial charge in [0.25, 0.3) is 5.91 Å². The van der Waals surface area contributed by atoms with Crippen LogP contribution in [0.3, 0.4) is 0 Å². The van der Waals surface area contributed by atoms with E-state index >= 15 is 0 Å². The molecular weight excluding hydrogens is 382 g/mol. The summed E-state index contributed by atoms with van der Waals surface area (Å²) in [7, 11) is -3.78. The molecule has 1 saturated heterocycles. The van der Waals surface area contributed by atoms with Gasteiger partial charge in [-0.1, -0.05) is 0 Å². The third-order valence-corrected chi connectivity index (χ3v) is 7.51. The van der Waals surface area contributed by atoms with E-state index in [0.717, 1.165) is 12.8 Å². The number of anilines is 1. The summed E-state index contributed by atoms with van der Waals surface area (Å²) in [4.78, 5) is 24.3. The summed E-state index contributed by atoms with van der Waals surface area (Å²) in [5.41, 5.74) is 1.00. The highest BCUT2D eigenvalue weighted by Crippen LogP contribution is 2.36. The maximum Gasteiger partial charge on any atom is 0.265 e. The van der Waals surface area contributed by atoms with Gasteiger partial charge in [0.05, 0.1) is 16.5 Å². The molecule has 0 aromatic heterocycles. The van der Waals surface area contributed by atoms with Crippen molar-refractivity contribution in [2.75, 3.05) is 18.4 Å². The highest BCUT2D eigenvalue weighted by Gasteiger charge is 2.36. The van der Waals surface area contributed by atoms with Gasteiger partial charge in [-0.05, 0) is 51.2 Å². The number of carbonyl (C=O) groups is 2. The van der Waals surface area contributed by atoms with E-state index in [2.05, 4.69) is 10.6 Å². The lowest BCUT2D eigenvalue weighted by Gasteiger charge is -2.32. The Morgan fingerprint density at radius 1 is 1.29 bits per heavy atom. The van der Waals surface area contributed by atoms with Crippen molar-refractivity contribution in [1.29, 1.82) is 0 Å². The Balaban J connectivity index is 1.58. The second-order valence-corrected chi connectivity index (χ2v) is 9.75.